The molecule has 0 aromatic rings. The van der Waals surface area contributed by atoms with Gasteiger partial charge in [-0.2, -0.15) is 8.42 Å². The summed E-state index contributed by atoms with van der Waals surface area (Å²) in [5.41, 5.74) is 0. The van der Waals surface area contributed by atoms with Gasteiger partial charge in [0.05, 0.1) is 5.75 Å². The van der Waals surface area contributed by atoms with Gasteiger partial charge < -0.3 is 0 Å². The van der Waals surface area contributed by atoms with Crippen LogP contribution in [0.5, 0.6) is 0 Å². The van der Waals surface area contributed by atoms with E-state index in [4.69, 9.17) is 4.55 Å². The van der Waals surface area contributed by atoms with E-state index in [0.717, 1.165) is 6.26 Å². The lowest BCUT2D eigenvalue weighted by molar-refractivity contribution is 0.485. The highest BCUT2D eigenvalue weighted by molar-refractivity contribution is 8.71. The van der Waals surface area contributed by atoms with Crippen LogP contribution in [-0.4, -0.2) is 39.1 Å². The van der Waals surface area contributed by atoms with Gasteiger partial charge in [-0.05, 0) is 10.8 Å². The maximum atomic E-state index is 10.4. The zero-order valence-electron chi connectivity index (χ0n) is 5.72. The maximum absolute atomic E-state index is 10.4. The van der Waals surface area contributed by atoms with E-state index in [1.54, 1.807) is 0 Å². The molecular weight excluding hydrogens is 212 g/mol. The largest absolute Gasteiger partial charge is 0.286 e. The van der Waals surface area contributed by atoms with Crippen molar-refractivity contribution < 1.29 is 21.4 Å². The highest BCUT2D eigenvalue weighted by Crippen LogP contribution is 2.09. The van der Waals surface area contributed by atoms with Crippen LogP contribution in [0.2, 0.25) is 0 Å². The van der Waals surface area contributed by atoms with Crippen molar-refractivity contribution in [3.8, 4) is 0 Å². The third kappa shape index (κ3) is 10.2. The molecule has 0 atom stereocenters. The van der Waals surface area contributed by atoms with Crippen LogP contribution in [0.1, 0.15) is 0 Å². The molecule has 0 fully saturated rings. The van der Waals surface area contributed by atoms with Crippen molar-refractivity contribution in [1.29, 1.82) is 0 Å². The molecule has 8 heteroatoms. The Morgan fingerprint density at radius 1 is 1.27 bits per heavy atom. The summed E-state index contributed by atoms with van der Waals surface area (Å²) in [6.07, 6.45) is 0.974. The van der Waals surface area contributed by atoms with Crippen molar-refractivity contribution in [3.63, 3.8) is 0 Å². The molecular formula is C3H8O5S3. The van der Waals surface area contributed by atoms with Crippen molar-refractivity contribution in [2.75, 3.05) is 17.8 Å². The van der Waals surface area contributed by atoms with Crippen LogP contribution < -0.4 is 0 Å². The van der Waals surface area contributed by atoms with Crippen molar-refractivity contribution in [1.82, 2.24) is 0 Å². The van der Waals surface area contributed by atoms with E-state index in [0.29, 0.717) is 10.8 Å². The predicted molar refractivity (Wildman–Crippen MR) is 43.7 cm³/mol. The lowest BCUT2D eigenvalue weighted by Crippen LogP contribution is -2.07. The SMILES string of the molecule is CS(=O)(=O)SCCS(=O)(=O)O. The predicted octanol–water partition coefficient (Wildman–Crippen LogP) is -0.433. The number of rotatable bonds is 4. The molecule has 68 valence electrons. The van der Waals surface area contributed by atoms with Crippen LogP contribution >= 0.6 is 10.8 Å². The fourth-order valence-electron chi connectivity index (χ4n) is 0.291. The van der Waals surface area contributed by atoms with E-state index in [1.165, 1.54) is 0 Å². The van der Waals surface area contributed by atoms with Gasteiger partial charge in [0, 0.05) is 12.0 Å². The summed E-state index contributed by atoms with van der Waals surface area (Å²) in [6, 6.07) is 0. The van der Waals surface area contributed by atoms with Crippen LogP contribution in [-0.2, 0) is 19.0 Å². The van der Waals surface area contributed by atoms with Gasteiger partial charge in [0.2, 0.25) is 0 Å². The van der Waals surface area contributed by atoms with Gasteiger partial charge in [0.15, 0.2) is 8.87 Å². The van der Waals surface area contributed by atoms with Gasteiger partial charge in [-0.15, -0.1) is 0 Å². The van der Waals surface area contributed by atoms with Crippen LogP contribution in [0.25, 0.3) is 0 Å². The van der Waals surface area contributed by atoms with E-state index in [2.05, 4.69) is 0 Å². The van der Waals surface area contributed by atoms with Crippen molar-refractivity contribution >= 4 is 29.8 Å². The Bertz CT molecular complexity index is 266. The van der Waals surface area contributed by atoms with Crippen LogP contribution in [0.4, 0.5) is 0 Å². The molecule has 0 spiro atoms. The van der Waals surface area contributed by atoms with E-state index >= 15 is 0 Å². The average molecular weight is 220 g/mol. The first-order valence-electron chi connectivity index (χ1n) is 2.50. The zero-order valence-corrected chi connectivity index (χ0v) is 8.17. The van der Waals surface area contributed by atoms with Crippen LogP contribution in [0.15, 0.2) is 0 Å². The first-order valence-corrected chi connectivity index (χ1v) is 7.50. The summed E-state index contributed by atoms with van der Waals surface area (Å²) in [4.78, 5) is 0. The molecule has 0 radical (unpaired) electrons. The lowest BCUT2D eigenvalue weighted by atomic mass is 11.0. The number of hydrogen-bond donors (Lipinski definition) is 1. The quantitative estimate of drug-likeness (QED) is 0.510. The summed E-state index contributed by atoms with van der Waals surface area (Å²) in [5, 5.41) is 0. The van der Waals surface area contributed by atoms with E-state index in [-0.39, 0.29) is 5.75 Å². The molecule has 0 aliphatic heterocycles. The Morgan fingerprint density at radius 2 is 1.73 bits per heavy atom. The summed E-state index contributed by atoms with van der Waals surface area (Å²) in [6.45, 7) is 0. The second kappa shape index (κ2) is 3.74. The molecule has 0 heterocycles. The minimum Gasteiger partial charge on any atom is -0.286 e. The van der Waals surface area contributed by atoms with Crippen LogP contribution in [0.3, 0.4) is 0 Å². The van der Waals surface area contributed by atoms with E-state index in [9.17, 15) is 16.8 Å². The van der Waals surface area contributed by atoms with Crippen molar-refractivity contribution in [2.45, 2.75) is 0 Å². The minimum absolute atomic E-state index is 0.141. The Morgan fingerprint density at radius 3 is 2.00 bits per heavy atom. The third-order valence-corrected chi connectivity index (χ3v) is 4.20. The van der Waals surface area contributed by atoms with Gasteiger partial charge in [-0.1, -0.05) is 0 Å². The Labute approximate surface area is 69.2 Å². The zero-order chi connectivity index (χ0) is 9.12. The van der Waals surface area contributed by atoms with Gasteiger partial charge in [-0.25, -0.2) is 8.42 Å². The first-order chi connectivity index (χ1) is 4.71. The highest BCUT2D eigenvalue weighted by atomic mass is 33.1. The maximum Gasteiger partial charge on any atom is 0.265 e. The molecule has 0 aliphatic carbocycles. The smallest absolute Gasteiger partial charge is 0.265 e. The Balaban J connectivity index is 3.79. The molecule has 0 aromatic heterocycles. The lowest BCUT2D eigenvalue weighted by Gasteiger charge is -1.94. The summed E-state index contributed by atoms with van der Waals surface area (Å²) < 4.78 is 49.1. The monoisotopic (exact) mass is 220 g/mol. The molecule has 0 saturated carbocycles. The summed E-state index contributed by atoms with van der Waals surface area (Å²) in [7, 11) is -6.74. The molecule has 0 aliphatic rings. The normalized spacial score (nSPS) is 13.3. The Hall–Kier alpha value is 0.210. The van der Waals surface area contributed by atoms with Gasteiger partial charge in [0.25, 0.3) is 10.1 Å². The minimum atomic E-state index is -4.03. The average Bonchev–Trinajstić information content (AvgIpc) is 1.55. The fourth-order valence-corrected chi connectivity index (χ4v) is 3.23. The van der Waals surface area contributed by atoms with Gasteiger partial charge in [0.1, 0.15) is 0 Å². The molecule has 0 aromatic carbocycles. The molecule has 0 rings (SSSR count). The van der Waals surface area contributed by atoms with Gasteiger partial charge in [-0.3, -0.25) is 4.55 Å². The highest BCUT2D eigenvalue weighted by Gasteiger charge is 2.08. The Kier molecular flexibility index (Phi) is 3.82. The second-order valence-corrected chi connectivity index (χ2v) is 7.96. The molecule has 1 N–H and O–H groups in total. The second-order valence-electron chi connectivity index (χ2n) is 1.81. The number of hydrogen-bond acceptors (Lipinski definition) is 5. The fraction of sp³-hybridized carbons (Fsp3) is 1.00. The first kappa shape index (κ1) is 11.2. The van der Waals surface area contributed by atoms with E-state index in [1.807, 2.05) is 0 Å². The molecule has 0 amide bonds. The molecule has 0 bridgehead atoms. The van der Waals surface area contributed by atoms with Crippen molar-refractivity contribution in [3.05, 3.63) is 0 Å². The summed E-state index contributed by atoms with van der Waals surface area (Å²) in [5.74, 6) is -0.678. The topological polar surface area (TPSA) is 88.5 Å². The van der Waals surface area contributed by atoms with Crippen LogP contribution in [0, 0.1) is 0 Å². The molecule has 11 heavy (non-hydrogen) atoms. The summed E-state index contributed by atoms with van der Waals surface area (Å²) >= 11 is 0. The van der Waals surface area contributed by atoms with E-state index < -0.39 is 24.7 Å². The van der Waals surface area contributed by atoms with Gasteiger partial charge >= 0.3 is 0 Å². The molecule has 5 nitrogen and oxygen atoms in total. The molecule has 0 unspecified atom stereocenters. The molecule has 0 saturated heterocycles. The van der Waals surface area contributed by atoms with Crippen molar-refractivity contribution in [2.24, 2.45) is 0 Å². The standard InChI is InChI=1S/C3H8O5S3/c1-10(4,5)9-2-3-11(6,7)8/h2-3H2,1H3,(H,6,7,8). The third-order valence-electron chi connectivity index (χ3n) is 0.639.